The van der Waals surface area contributed by atoms with E-state index in [0.717, 1.165) is 0 Å². The zero-order valence-electron chi connectivity index (χ0n) is 7.10. The van der Waals surface area contributed by atoms with Crippen molar-refractivity contribution in [1.82, 2.24) is 0 Å². The number of aliphatic hydroxyl groups excluding tert-OH is 2. The molecule has 0 radical (unpaired) electrons. The van der Waals surface area contributed by atoms with E-state index in [9.17, 15) is 0 Å². The Morgan fingerprint density at radius 2 is 2.17 bits per heavy atom. The molecule has 2 N–H and O–H groups in total. The van der Waals surface area contributed by atoms with Gasteiger partial charge in [0.25, 0.3) is 0 Å². The van der Waals surface area contributed by atoms with Gasteiger partial charge in [-0.05, 0) is 6.92 Å². The van der Waals surface area contributed by atoms with Gasteiger partial charge in [-0.3, -0.25) is 0 Å². The van der Waals surface area contributed by atoms with Gasteiger partial charge in [0.2, 0.25) is 0 Å². The molecule has 1 saturated heterocycles. The fraction of sp³-hybridized carbons (Fsp3) is 0.778. The van der Waals surface area contributed by atoms with Gasteiger partial charge in [-0.2, -0.15) is 0 Å². The summed E-state index contributed by atoms with van der Waals surface area (Å²) < 4.78 is 5.64. The van der Waals surface area contributed by atoms with Crippen molar-refractivity contribution in [3.05, 3.63) is 12.2 Å². The molecular weight excluding hydrogens is 156 g/mol. The third-order valence-electron chi connectivity index (χ3n) is 3.09. The van der Waals surface area contributed by atoms with E-state index in [0.29, 0.717) is 0 Å². The number of fused-ring (bicyclic) bond motifs is 2. The highest BCUT2D eigenvalue weighted by Crippen LogP contribution is 2.46. The first-order valence-corrected chi connectivity index (χ1v) is 4.30. The minimum Gasteiger partial charge on any atom is -0.396 e. The van der Waals surface area contributed by atoms with E-state index in [-0.39, 0.29) is 36.8 Å². The van der Waals surface area contributed by atoms with Crippen LogP contribution in [-0.4, -0.2) is 35.1 Å². The zero-order chi connectivity index (χ0) is 8.77. The Morgan fingerprint density at radius 1 is 1.42 bits per heavy atom. The lowest BCUT2D eigenvalue weighted by atomic mass is 9.77. The molecule has 0 amide bonds. The van der Waals surface area contributed by atoms with Crippen molar-refractivity contribution >= 4 is 0 Å². The molecule has 3 nitrogen and oxygen atoms in total. The van der Waals surface area contributed by atoms with Crippen LogP contribution in [0, 0.1) is 11.8 Å². The van der Waals surface area contributed by atoms with Crippen molar-refractivity contribution in [2.24, 2.45) is 11.8 Å². The lowest BCUT2D eigenvalue weighted by Crippen LogP contribution is -2.36. The zero-order valence-corrected chi connectivity index (χ0v) is 7.10. The monoisotopic (exact) mass is 170 g/mol. The highest BCUT2D eigenvalue weighted by Gasteiger charge is 2.52. The third-order valence-corrected chi connectivity index (χ3v) is 3.09. The molecule has 12 heavy (non-hydrogen) atoms. The molecule has 0 aliphatic carbocycles. The molecule has 2 aliphatic rings. The first-order chi connectivity index (χ1) is 5.71. The Labute approximate surface area is 71.7 Å². The van der Waals surface area contributed by atoms with Crippen LogP contribution in [-0.2, 0) is 4.74 Å². The predicted molar refractivity (Wildman–Crippen MR) is 43.6 cm³/mol. The Bertz CT molecular complexity index is 214. The maximum atomic E-state index is 9.13. The van der Waals surface area contributed by atoms with Crippen LogP contribution in [0.3, 0.4) is 0 Å². The van der Waals surface area contributed by atoms with Crippen molar-refractivity contribution < 1.29 is 14.9 Å². The lowest BCUT2D eigenvalue weighted by molar-refractivity contribution is 0.0150. The molecule has 2 rings (SSSR count). The van der Waals surface area contributed by atoms with Gasteiger partial charge in [0.15, 0.2) is 0 Å². The lowest BCUT2D eigenvalue weighted by Gasteiger charge is -2.27. The van der Waals surface area contributed by atoms with Crippen LogP contribution in [0.1, 0.15) is 6.92 Å². The molecule has 4 unspecified atom stereocenters. The van der Waals surface area contributed by atoms with Crippen LogP contribution in [0.5, 0.6) is 0 Å². The quantitative estimate of drug-likeness (QED) is 0.570. The Morgan fingerprint density at radius 3 is 2.67 bits per heavy atom. The first-order valence-electron chi connectivity index (χ1n) is 4.30. The van der Waals surface area contributed by atoms with Gasteiger partial charge in [-0.1, -0.05) is 12.2 Å². The van der Waals surface area contributed by atoms with E-state index < -0.39 is 0 Å². The van der Waals surface area contributed by atoms with E-state index in [1.807, 2.05) is 19.1 Å². The molecule has 0 aromatic carbocycles. The van der Waals surface area contributed by atoms with Crippen LogP contribution in [0.15, 0.2) is 12.2 Å². The van der Waals surface area contributed by atoms with Gasteiger partial charge in [0.05, 0.1) is 11.7 Å². The molecule has 0 saturated carbocycles. The minimum atomic E-state index is -0.340. The van der Waals surface area contributed by atoms with Gasteiger partial charge in [-0.25, -0.2) is 0 Å². The van der Waals surface area contributed by atoms with Crippen LogP contribution in [0.25, 0.3) is 0 Å². The number of hydrogen-bond acceptors (Lipinski definition) is 3. The van der Waals surface area contributed by atoms with E-state index >= 15 is 0 Å². The predicted octanol–water partition coefficient (Wildman–Crippen LogP) is -0.0693. The molecule has 0 aromatic heterocycles. The van der Waals surface area contributed by atoms with Crippen LogP contribution in [0.2, 0.25) is 0 Å². The van der Waals surface area contributed by atoms with Crippen LogP contribution in [0.4, 0.5) is 0 Å². The largest absolute Gasteiger partial charge is 0.396 e. The summed E-state index contributed by atoms with van der Waals surface area (Å²) in [6, 6.07) is 0. The number of ether oxygens (including phenoxy) is 1. The van der Waals surface area contributed by atoms with Crippen molar-refractivity contribution in [2.75, 3.05) is 13.2 Å². The van der Waals surface area contributed by atoms with Crippen molar-refractivity contribution in [3.63, 3.8) is 0 Å². The molecule has 0 aromatic rings. The molecule has 3 heteroatoms. The molecule has 2 heterocycles. The third kappa shape index (κ3) is 0.873. The highest BCUT2D eigenvalue weighted by atomic mass is 16.5. The maximum absolute atomic E-state index is 9.13. The van der Waals surface area contributed by atoms with Crippen molar-refractivity contribution in [1.29, 1.82) is 0 Å². The van der Waals surface area contributed by atoms with Gasteiger partial charge < -0.3 is 14.9 Å². The molecule has 68 valence electrons. The number of aliphatic hydroxyl groups is 2. The van der Waals surface area contributed by atoms with E-state index in [4.69, 9.17) is 14.9 Å². The van der Waals surface area contributed by atoms with E-state index in [1.165, 1.54) is 0 Å². The summed E-state index contributed by atoms with van der Waals surface area (Å²) in [5.41, 5.74) is -0.340. The summed E-state index contributed by atoms with van der Waals surface area (Å²) in [5, 5.41) is 18.2. The molecule has 1 fully saturated rings. The van der Waals surface area contributed by atoms with E-state index in [2.05, 4.69) is 0 Å². The van der Waals surface area contributed by atoms with Gasteiger partial charge >= 0.3 is 0 Å². The van der Waals surface area contributed by atoms with Gasteiger partial charge in [0.1, 0.15) is 0 Å². The molecule has 4 atom stereocenters. The van der Waals surface area contributed by atoms with Crippen LogP contribution >= 0.6 is 0 Å². The SMILES string of the molecule is CC12C=CC(O1)C(CO)C2CO. The molecular formula is C9H14O3. The second-order valence-electron chi connectivity index (χ2n) is 3.76. The second-order valence-corrected chi connectivity index (χ2v) is 3.76. The fourth-order valence-electron chi connectivity index (χ4n) is 2.30. The molecule has 2 bridgehead atoms. The first kappa shape index (κ1) is 8.23. The summed E-state index contributed by atoms with van der Waals surface area (Å²) in [6.45, 7) is 2.14. The number of hydrogen-bond donors (Lipinski definition) is 2. The molecule has 0 spiro atoms. The Kier molecular flexibility index (Phi) is 1.75. The minimum absolute atomic E-state index is 0.0112. The summed E-state index contributed by atoms with van der Waals surface area (Å²) >= 11 is 0. The van der Waals surface area contributed by atoms with Crippen molar-refractivity contribution in [2.45, 2.75) is 18.6 Å². The number of rotatable bonds is 2. The topological polar surface area (TPSA) is 49.7 Å². The Balaban J connectivity index is 2.26. The normalized spacial score (nSPS) is 50.4. The van der Waals surface area contributed by atoms with Gasteiger partial charge in [0, 0.05) is 25.0 Å². The van der Waals surface area contributed by atoms with E-state index in [1.54, 1.807) is 0 Å². The summed E-state index contributed by atoms with van der Waals surface area (Å²) in [5.74, 6) is 0.127. The summed E-state index contributed by atoms with van der Waals surface area (Å²) in [7, 11) is 0. The Hall–Kier alpha value is -0.380. The molecule has 2 aliphatic heterocycles. The van der Waals surface area contributed by atoms with Crippen LogP contribution < -0.4 is 0 Å². The standard InChI is InChI=1S/C9H14O3/c1-9-3-2-8(12-9)6(4-10)7(9)5-11/h2-3,6-8,10-11H,4-5H2,1H3. The smallest absolute Gasteiger partial charge is 0.0898 e. The fourth-order valence-corrected chi connectivity index (χ4v) is 2.30. The van der Waals surface area contributed by atoms with Gasteiger partial charge in [-0.15, -0.1) is 0 Å². The highest BCUT2D eigenvalue weighted by molar-refractivity contribution is 5.21. The summed E-state index contributed by atoms with van der Waals surface area (Å²) in [6.07, 6.45) is 3.98. The van der Waals surface area contributed by atoms with Crippen molar-refractivity contribution in [3.8, 4) is 0 Å². The average Bonchev–Trinajstić information content (AvgIpc) is 2.55. The summed E-state index contributed by atoms with van der Waals surface area (Å²) in [4.78, 5) is 0. The average molecular weight is 170 g/mol. The maximum Gasteiger partial charge on any atom is 0.0898 e. The second kappa shape index (κ2) is 2.55.